The fraction of sp³-hybridized carbons (Fsp3) is 0.400. The average molecular weight is 207 g/mol. The molecule has 0 bridgehead atoms. The van der Waals surface area contributed by atoms with Crippen LogP contribution in [0, 0.1) is 0 Å². The number of pyridine rings is 1. The van der Waals surface area contributed by atoms with Crippen LogP contribution in [-0.2, 0) is 4.74 Å². The lowest BCUT2D eigenvalue weighted by molar-refractivity contribution is -0.0504. The number of amides is 1. The number of hydrogen-bond acceptors (Lipinski definition) is 4. The summed E-state index contributed by atoms with van der Waals surface area (Å²) in [4.78, 5) is 15.5. The minimum Gasteiger partial charge on any atom is -0.379 e. The highest BCUT2D eigenvalue weighted by Crippen LogP contribution is 2.07. The van der Waals surface area contributed by atoms with E-state index in [0.29, 0.717) is 5.69 Å². The lowest BCUT2D eigenvalue weighted by atomic mass is 10.2. The Labute approximate surface area is 88.0 Å². The van der Waals surface area contributed by atoms with Crippen molar-refractivity contribution in [3.63, 3.8) is 0 Å². The van der Waals surface area contributed by atoms with E-state index in [4.69, 9.17) is 4.74 Å². The van der Waals surface area contributed by atoms with Gasteiger partial charge in [0.05, 0.1) is 6.10 Å². The van der Waals surface area contributed by atoms with Gasteiger partial charge >= 0.3 is 0 Å². The lowest BCUT2D eigenvalue weighted by Crippen LogP contribution is -2.59. The standard InChI is InChI=1S/C10H13N3O2/c1-15-8-6-13(7-8)12-10(14)9-4-2-3-5-11-9/h2-5,8H,6-7H2,1H3,(H,12,14). The van der Waals surface area contributed by atoms with Gasteiger partial charge in [0, 0.05) is 26.4 Å². The van der Waals surface area contributed by atoms with E-state index in [2.05, 4.69) is 10.4 Å². The van der Waals surface area contributed by atoms with E-state index in [-0.39, 0.29) is 12.0 Å². The second-order valence-corrected chi connectivity index (χ2v) is 3.42. The number of nitrogens with one attached hydrogen (secondary N) is 1. The number of carbonyl (C=O) groups excluding carboxylic acids is 1. The van der Waals surface area contributed by atoms with Gasteiger partial charge in [-0.05, 0) is 12.1 Å². The van der Waals surface area contributed by atoms with E-state index in [1.165, 1.54) is 0 Å². The Morgan fingerprint density at radius 1 is 1.60 bits per heavy atom. The van der Waals surface area contributed by atoms with Gasteiger partial charge in [-0.1, -0.05) is 6.07 Å². The molecule has 2 rings (SSSR count). The second kappa shape index (κ2) is 4.37. The molecule has 2 heterocycles. The van der Waals surface area contributed by atoms with Crippen LogP contribution in [0.1, 0.15) is 10.5 Å². The van der Waals surface area contributed by atoms with E-state index >= 15 is 0 Å². The first-order chi connectivity index (χ1) is 7.29. The van der Waals surface area contributed by atoms with Crippen molar-refractivity contribution in [2.45, 2.75) is 6.10 Å². The van der Waals surface area contributed by atoms with Crippen LogP contribution in [0.3, 0.4) is 0 Å². The smallest absolute Gasteiger partial charge is 0.284 e. The van der Waals surface area contributed by atoms with Crippen LogP contribution >= 0.6 is 0 Å². The number of aromatic nitrogens is 1. The summed E-state index contributed by atoms with van der Waals surface area (Å²) in [6.45, 7) is 1.46. The highest BCUT2D eigenvalue weighted by Gasteiger charge is 2.27. The van der Waals surface area contributed by atoms with E-state index in [1.54, 1.807) is 31.5 Å². The third-order valence-electron chi connectivity index (χ3n) is 2.34. The highest BCUT2D eigenvalue weighted by molar-refractivity contribution is 5.91. The van der Waals surface area contributed by atoms with Crippen LogP contribution in [0.25, 0.3) is 0 Å². The molecule has 1 aliphatic rings. The van der Waals surface area contributed by atoms with Crippen LogP contribution in [-0.4, -0.2) is 42.2 Å². The molecule has 1 saturated heterocycles. The van der Waals surface area contributed by atoms with Gasteiger partial charge in [-0.2, -0.15) is 0 Å². The van der Waals surface area contributed by atoms with Crippen LogP contribution in [0.15, 0.2) is 24.4 Å². The number of ether oxygens (including phenoxy) is 1. The van der Waals surface area contributed by atoms with Crippen molar-refractivity contribution in [1.82, 2.24) is 15.4 Å². The molecule has 1 aliphatic heterocycles. The SMILES string of the molecule is COC1CN(NC(=O)c2ccccn2)C1. The molecule has 0 saturated carbocycles. The van der Waals surface area contributed by atoms with E-state index in [1.807, 2.05) is 5.01 Å². The fourth-order valence-electron chi connectivity index (χ4n) is 1.38. The van der Waals surface area contributed by atoms with Crippen molar-refractivity contribution < 1.29 is 9.53 Å². The largest absolute Gasteiger partial charge is 0.379 e. The minimum absolute atomic E-state index is 0.176. The van der Waals surface area contributed by atoms with Crippen molar-refractivity contribution in [1.29, 1.82) is 0 Å². The summed E-state index contributed by atoms with van der Waals surface area (Å²) in [7, 11) is 1.67. The molecule has 1 N–H and O–H groups in total. The zero-order chi connectivity index (χ0) is 10.7. The number of carbonyl (C=O) groups is 1. The zero-order valence-electron chi connectivity index (χ0n) is 8.51. The van der Waals surface area contributed by atoms with Crippen molar-refractivity contribution >= 4 is 5.91 Å². The molecular weight excluding hydrogens is 194 g/mol. The summed E-state index contributed by atoms with van der Waals surface area (Å²) >= 11 is 0. The molecule has 5 nitrogen and oxygen atoms in total. The summed E-state index contributed by atoms with van der Waals surface area (Å²) in [5.41, 5.74) is 3.18. The van der Waals surface area contributed by atoms with Crippen molar-refractivity contribution in [3.05, 3.63) is 30.1 Å². The number of hydrazine groups is 1. The molecule has 80 valence electrons. The molecule has 1 aromatic heterocycles. The molecular formula is C10H13N3O2. The molecule has 0 radical (unpaired) electrons. The molecule has 0 aromatic carbocycles. The van der Waals surface area contributed by atoms with E-state index < -0.39 is 0 Å². The first-order valence-electron chi connectivity index (χ1n) is 4.79. The van der Waals surface area contributed by atoms with E-state index in [0.717, 1.165) is 13.1 Å². The Kier molecular flexibility index (Phi) is 2.94. The number of rotatable bonds is 3. The monoisotopic (exact) mass is 207 g/mol. The topological polar surface area (TPSA) is 54.5 Å². The van der Waals surface area contributed by atoms with E-state index in [9.17, 15) is 4.79 Å². The molecule has 0 unspecified atom stereocenters. The van der Waals surface area contributed by atoms with Gasteiger partial charge in [-0.3, -0.25) is 15.2 Å². The molecule has 0 aliphatic carbocycles. The Bertz CT molecular complexity index is 336. The fourth-order valence-corrected chi connectivity index (χ4v) is 1.38. The first kappa shape index (κ1) is 10.1. The van der Waals surface area contributed by atoms with Gasteiger partial charge < -0.3 is 4.74 Å². The molecule has 0 atom stereocenters. The van der Waals surface area contributed by atoms with Gasteiger partial charge in [-0.15, -0.1) is 0 Å². The predicted molar refractivity (Wildman–Crippen MR) is 54.1 cm³/mol. The van der Waals surface area contributed by atoms with Crippen molar-refractivity contribution in [2.24, 2.45) is 0 Å². The Morgan fingerprint density at radius 3 is 3.00 bits per heavy atom. The Balaban J connectivity index is 1.84. The van der Waals surface area contributed by atoms with Crippen LogP contribution in [0.2, 0.25) is 0 Å². The molecule has 1 amide bonds. The number of nitrogens with zero attached hydrogens (tertiary/aromatic N) is 2. The maximum absolute atomic E-state index is 11.6. The zero-order valence-corrected chi connectivity index (χ0v) is 8.51. The second-order valence-electron chi connectivity index (χ2n) is 3.42. The molecule has 1 fully saturated rings. The Morgan fingerprint density at radius 2 is 2.40 bits per heavy atom. The lowest BCUT2D eigenvalue weighted by Gasteiger charge is -2.37. The van der Waals surface area contributed by atoms with Crippen molar-refractivity contribution in [2.75, 3.05) is 20.2 Å². The normalized spacial score (nSPS) is 17.1. The van der Waals surface area contributed by atoms with Crippen LogP contribution in [0.5, 0.6) is 0 Å². The average Bonchev–Trinajstić information content (AvgIpc) is 2.23. The maximum Gasteiger partial charge on any atom is 0.284 e. The molecule has 15 heavy (non-hydrogen) atoms. The summed E-state index contributed by atoms with van der Waals surface area (Å²) in [5, 5.41) is 1.81. The van der Waals surface area contributed by atoms with Crippen LogP contribution < -0.4 is 5.43 Å². The predicted octanol–water partition coefficient (Wildman–Crippen LogP) is 0.0570. The molecule has 5 heteroatoms. The van der Waals surface area contributed by atoms with Gasteiger partial charge in [0.15, 0.2) is 0 Å². The maximum atomic E-state index is 11.6. The quantitative estimate of drug-likeness (QED) is 0.761. The van der Waals surface area contributed by atoms with Gasteiger partial charge in [0.2, 0.25) is 0 Å². The van der Waals surface area contributed by atoms with Gasteiger partial charge in [0.1, 0.15) is 5.69 Å². The van der Waals surface area contributed by atoms with Crippen molar-refractivity contribution in [3.8, 4) is 0 Å². The van der Waals surface area contributed by atoms with Crippen LogP contribution in [0.4, 0.5) is 0 Å². The molecule has 0 spiro atoms. The summed E-state index contributed by atoms with van der Waals surface area (Å²) in [6, 6.07) is 5.25. The van der Waals surface area contributed by atoms with Gasteiger partial charge in [-0.25, -0.2) is 5.01 Å². The Hall–Kier alpha value is -1.46. The summed E-state index contributed by atoms with van der Waals surface area (Å²) < 4.78 is 5.10. The number of hydrogen-bond donors (Lipinski definition) is 1. The first-order valence-corrected chi connectivity index (χ1v) is 4.79. The highest BCUT2D eigenvalue weighted by atomic mass is 16.5. The molecule has 1 aromatic rings. The third-order valence-corrected chi connectivity index (χ3v) is 2.34. The summed E-state index contributed by atoms with van der Waals surface area (Å²) in [6.07, 6.45) is 1.83. The number of methoxy groups -OCH3 is 1. The van der Waals surface area contributed by atoms with Gasteiger partial charge in [0.25, 0.3) is 5.91 Å². The third kappa shape index (κ3) is 2.31. The summed E-state index contributed by atoms with van der Waals surface area (Å²) in [5.74, 6) is -0.176. The minimum atomic E-state index is -0.176.